The van der Waals surface area contributed by atoms with Gasteiger partial charge in [0.1, 0.15) is 0 Å². The molecular weight excluding hydrogens is 224 g/mol. The van der Waals surface area contributed by atoms with Crippen LogP contribution in [0.2, 0.25) is 0 Å². The van der Waals surface area contributed by atoms with Crippen LogP contribution in [-0.4, -0.2) is 5.75 Å². The third kappa shape index (κ3) is 2.16. The Labute approximate surface area is 106 Å². The van der Waals surface area contributed by atoms with Gasteiger partial charge in [-0.25, -0.2) is 0 Å². The van der Waals surface area contributed by atoms with Crippen LogP contribution in [0.5, 0.6) is 0 Å². The highest BCUT2D eigenvalue weighted by Gasteiger charge is 2.17. The molecule has 84 valence electrons. The molecule has 0 spiro atoms. The van der Waals surface area contributed by atoms with Crippen LogP contribution < -0.4 is 0 Å². The first-order valence-corrected chi connectivity index (χ1v) is 6.90. The molecule has 1 heteroatoms. The first-order valence-electron chi connectivity index (χ1n) is 5.92. The number of hydrogen-bond acceptors (Lipinski definition) is 1. The average Bonchev–Trinajstić information content (AvgIpc) is 2.90. The lowest BCUT2D eigenvalue weighted by atomic mass is 10.0. The summed E-state index contributed by atoms with van der Waals surface area (Å²) in [4.78, 5) is 1.46. The molecule has 17 heavy (non-hydrogen) atoms. The van der Waals surface area contributed by atoms with Gasteiger partial charge in [0.25, 0.3) is 0 Å². The molecule has 1 aliphatic rings. The highest BCUT2D eigenvalue weighted by atomic mass is 32.2. The summed E-state index contributed by atoms with van der Waals surface area (Å²) in [7, 11) is 0. The van der Waals surface area contributed by atoms with E-state index in [-0.39, 0.29) is 0 Å². The highest BCUT2D eigenvalue weighted by molar-refractivity contribution is 8.08. The zero-order valence-corrected chi connectivity index (χ0v) is 10.4. The lowest BCUT2D eigenvalue weighted by Crippen LogP contribution is -1.84. The van der Waals surface area contributed by atoms with Crippen molar-refractivity contribution in [1.29, 1.82) is 0 Å². The van der Waals surface area contributed by atoms with Crippen molar-refractivity contribution in [3.05, 3.63) is 71.8 Å². The third-order valence-electron chi connectivity index (χ3n) is 3.03. The number of rotatable bonds is 2. The maximum atomic E-state index is 2.21. The van der Waals surface area contributed by atoms with E-state index >= 15 is 0 Å². The van der Waals surface area contributed by atoms with E-state index in [9.17, 15) is 0 Å². The fraction of sp³-hybridized carbons (Fsp3) is 0.125. The largest absolute Gasteiger partial charge is 0.125 e. The van der Waals surface area contributed by atoms with Crippen LogP contribution in [0, 0.1) is 0 Å². The Morgan fingerprint density at radius 2 is 1.29 bits per heavy atom. The van der Waals surface area contributed by atoms with Gasteiger partial charge in [-0.2, -0.15) is 0 Å². The highest BCUT2D eigenvalue weighted by Crippen LogP contribution is 2.43. The van der Waals surface area contributed by atoms with Crippen molar-refractivity contribution in [2.45, 2.75) is 6.42 Å². The van der Waals surface area contributed by atoms with Crippen LogP contribution in [0.1, 0.15) is 17.5 Å². The van der Waals surface area contributed by atoms with Crippen LogP contribution in [0.25, 0.3) is 10.5 Å². The van der Waals surface area contributed by atoms with Gasteiger partial charge in [0.2, 0.25) is 0 Å². The molecule has 0 N–H and O–H groups in total. The number of thioether (sulfide) groups is 1. The molecular formula is C16H14S. The van der Waals surface area contributed by atoms with Crippen molar-refractivity contribution in [3.8, 4) is 0 Å². The van der Waals surface area contributed by atoms with Gasteiger partial charge in [-0.1, -0.05) is 60.7 Å². The second kappa shape index (κ2) is 4.80. The number of benzene rings is 2. The first kappa shape index (κ1) is 10.7. The molecule has 0 atom stereocenters. The summed E-state index contributed by atoms with van der Waals surface area (Å²) in [6.07, 6.45) is 1.18. The van der Waals surface area contributed by atoms with E-state index < -0.39 is 0 Å². The lowest BCUT2D eigenvalue weighted by molar-refractivity contribution is 1.29. The van der Waals surface area contributed by atoms with E-state index in [1.54, 1.807) is 0 Å². The van der Waals surface area contributed by atoms with Crippen LogP contribution in [0.3, 0.4) is 0 Å². The Balaban J connectivity index is 2.08. The summed E-state index contributed by atoms with van der Waals surface area (Å²) in [5, 5.41) is 0. The minimum absolute atomic E-state index is 1.18. The molecule has 1 aliphatic heterocycles. The van der Waals surface area contributed by atoms with E-state index in [4.69, 9.17) is 0 Å². The van der Waals surface area contributed by atoms with Crippen molar-refractivity contribution in [2.24, 2.45) is 0 Å². The van der Waals surface area contributed by atoms with E-state index in [0.717, 1.165) is 0 Å². The Kier molecular flexibility index (Phi) is 3.02. The number of allylic oxidation sites excluding steroid dienone is 1. The fourth-order valence-corrected chi connectivity index (χ4v) is 3.42. The van der Waals surface area contributed by atoms with Crippen LogP contribution in [0.15, 0.2) is 60.7 Å². The monoisotopic (exact) mass is 238 g/mol. The minimum atomic E-state index is 1.18. The third-order valence-corrected chi connectivity index (χ3v) is 4.21. The first-order chi connectivity index (χ1) is 8.45. The van der Waals surface area contributed by atoms with E-state index in [2.05, 4.69) is 60.7 Å². The van der Waals surface area contributed by atoms with Gasteiger partial charge in [-0.3, -0.25) is 0 Å². The molecule has 3 rings (SSSR count). The molecule has 1 heterocycles. The molecule has 0 saturated carbocycles. The van der Waals surface area contributed by atoms with E-state index in [1.807, 2.05) is 11.8 Å². The minimum Gasteiger partial charge on any atom is -0.125 e. The Morgan fingerprint density at radius 3 is 1.94 bits per heavy atom. The number of hydrogen-bond donors (Lipinski definition) is 0. The van der Waals surface area contributed by atoms with Crippen molar-refractivity contribution >= 4 is 22.2 Å². The molecule has 2 aromatic rings. The summed E-state index contributed by atoms with van der Waals surface area (Å²) in [5.74, 6) is 1.20. The van der Waals surface area contributed by atoms with Gasteiger partial charge < -0.3 is 0 Å². The second-order valence-corrected chi connectivity index (χ2v) is 5.24. The Morgan fingerprint density at radius 1 is 0.706 bits per heavy atom. The van der Waals surface area contributed by atoms with Gasteiger partial charge in [-0.15, -0.1) is 11.8 Å². The smallest absolute Gasteiger partial charge is 0.0183 e. The summed E-state index contributed by atoms with van der Waals surface area (Å²) in [5.41, 5.74) is 4.23. The summed E-state index contributed by atoms with van der Waals surface area (Å²) in [6.45, 7) is 0. The normalized spacial score (nSPS) is 15.3. The molecule has 0 bridgehead atoms. The van der Waals surface area contributed by atoms with Crippen molar-refractivity contribution in [3.63, 3.8) is 0 Å². The molecule has 0 radical (unpaired) electrons. The van der Waals surface area contributed by atoms with Gasteiger partial charge in [0.15, 0.2) is 0 Å². The topological polar surface area (TPSA) is 0 Å². The quantitative estimate of drug-likeness (QED) is 0.731. The van der Waals surface area contributed by atoms with Crippen LogP contribution in [0.4, 0.5) is 0 Å². The van der Waals surface area contributed by atoms with E-state index in [1.165, 1.54) is 33.8 Å². The predicted molar refractivity (Wildman–Crippen MR) is 76.8 cm³/mol. The fourth-order valence-electron chi connectivity index (χ4n) is 2.22. The summed E-state index contributed by atoms with van der Waals surface area (Å²) in [6, 6.07) is 21.5. The molecule has 0 aliphatic carbocycles. The molecule has 0 nitrogen and oxygen atoms in total. The van der Waals surface area contributed by atoms with Crippen LogP contribution in [-0.2, 0) is 0 Å². The standard InChI is InChI=1S/C16H14S/c1-3-7-13(8-4-1)15-11-12-17-16(15)14-9-5-2-6-10-14/h1-10H,11-12H2. The molecule has 0 unspecified atom stereocenters. The van der Waals surface area contributed by atoms with Gasteiger partial charge in [0.05, 0.1) is 0 Å². The Hall–Kier alpha value is -1.47. The summed E-state index contributed by atoms with van der Waals surface area (Å²) < 4.78 is 0. The van der Waals surface area contributed by atoms with Crippen molar-refractivity contribution in [1.82, 2.24) is 0 Å². The van der Waals surface area contributed by atoms with Gasteiger partial charge >= 0.3 is 0 Å². The van der Waals surface area contributed by atoms with Crippen molar-refractivity contribution < 1.29 is 0 Å². The zero-order valence-electron chi connectivity index (χ0n) is 9.60. The van der Waals surface area contributed by atoms with Gasteiger partial charge in [-0.05, 0) is 23.1 Å². The Bertz CT molecular complexity index is 476. The lowest BCUT2D eigenvalue weighted by Gasteiger charge is -2.07. The maximum absolute atomic E-state index is 2.21. The zero-order chi connectivity index (χ0) is 11.5. The maximum Gasteiger partial charge on any atom is 0.0183 e. The molecule has 0 aromatic heterocycles. The van der Waals surface area contributed by atoms with Gasteiger partial charge in [0, 0.05) is 10.7 Å². The molecule has 0 fully saturated rings. The predicted octanol–water partition coefficient (Wildman–Crippen LogP) is 4.69. The SMILES string of the molecule is c1ccc(C2=C(c3ccccc3)SCC2)cc1. The molecule has 0 amide bonds. The molecule has 2 aromatic carbocycles. The molecule has 0 saturated heterocycles. The second-order valence-electron chi connectivity index (χ2n) is 4.14. The van der Waals surface area contributed by atoms with Crippen LogP contribution >= 0.6 is 11.8 Å². The van der Waals surface area contributed by atoms with E-state index in [0.29, 0.717) is 0 Å². The van der Waals surface area contributed by atoms with Crippen molar-refractivity contribution in [2.75, 3.05) is 5.75 Å². The average molecular weight is 238 g/mol. The summed E-state index contributed by atoms with van der Waals surface area (Å²) >= 11 is 1.98.